The van der Waals surface area contributed by atoms with Crippen LogP contribution in [0, 0.1) is 0 Å². The summed E-state index contributed by atoms with van der Waals surface area (Å²) in [5.41, 5.74) is 0. The van der Waals surface area contributed by atoms with Gasteiger partial charge in [-0.15, -0.1) is 0 Å². The van der Waals surface area contributed by atoms with Crippen LogP contribution in [-0.4, -0.2) is 89.2 Å². The van der Waals surface area contributed by atoms with Crippen LogP contribution < -0.4 is 0 Å². The monoisotopic (exact) mass is 1030 g/mol. The SMILES string of the molecule is CCCC/C=C\CCCCCCCC(=O)OC(COC(=O)CCCCCCC/C=C\CCCCCC)COC1OC(C(=O)O)C(O)C(O)C1OC(=O)CCCCCCCCCCC/C=C\C/C=C\CCCCC. The van der Waals surface area contributed by atoms with Crippen molar-refractivity contribution in [3.63, 3.8) is 0 Å². The van der Waals surface area contributed by atoms with Gasteiger partial charge in [-0.1, -0.05) is 198 Å². The fraction of sp³-hybridized carbons (Fsp3) is 0.803. The van der Waals surface area contributed by atoms with Gasteiger partial charge >= 0.3 is 23.9 Å². The zero-order chi connectivity index (χ0) is 53.3. The van der Waals surface area contributed by atoms with E-state index in [0.29, 0.717) is 19.3 Å². The predicted molar refractivity (Wildman–Crippen MR) is 294 cm³/mol. The average molecular weight is 1030 g/mol. The van der Waals surface area contributed by atoms with E-state index in [1.54, 1.807) is 0 Å². The van der Waals surface area contributed by atoms with E-state index >= 15 is 0 Å². The van der Waals surface area contributed by atoms with E-state index in [-0.39, 0.29) is 25.9 Å². The number of allylic oxidation sites excluding steroid dienone is 8. The molecule has 12 nitrogen and oxygen atoms in total. The van der Waals surface area contributed by atoms with Crippen LogP contribution in [0.25, 0.3) is 0 Å². The van der Waals surface area contributed by atoms with E-state index in [0.717, 1.165) is 116 Å². The van der Waals surface area contributed by atoms with Crippen molar-refractivity contribution < 1.29 is 58.2 Å². The molecule has 3 N–H and O–H groups in total. The first kappa shape index (κ1) is 67.7. The Morgan fingerprint density at radius 3 is 1.32 bits per heavy atom. The van der Waals surface area contributed by atoms with Crippen LogP contribution in [0.1, 0.15) is 265 Å². The topological polar surface area (TPSA) is 175 Å². The number of ether oxygens (including phenoxy) is 5. The molecule has 1 saturated heterocycles. The Labute approximate surface area is 443 Å². The molecule has 1 rings (SSSR count). The van der Waals surface area contributed by atoms with Crippen molar-refractivity contribution in [2.75, 3.05) is 13.2 Å². The highest BCUT2D eigenvalue weighted by Gasteiger charge is 2.50. The third kappa shape index (κ3) is 39.7. The second-order valence-corrected chi connectivity index (χ2v) is 20.3. The Kier molecular flexibility index (Phi) is 45.9. The van der Waals surface area contributed by atoms with Gasteiger partial charge in [-0.05, 0) is 96.3 Å². The lowest BCUT2D eigenvalue weighted by Gasteiger charge is -2.40. The molecule has 0 aromatic heterocycles. The Balaban J connectivity index is 2.66. The number of aliphatic carboxylic acids is 1. The number of aliphatic hydroxyl groups is 2. The third-order valence-corrected chi connectivity index (χ3v) is 13.3. The summed E-state index contributed by atoms with van der Waals surface area (Å²) < 4.78 is 28.4. The number of hydrogen-bond acceptors (Lipinski definition) is 11. The van der Waals surface area contributed by atoms with Crippen LogP contribution in [0.3, 0.4) is 0 Å². The summed E-state index contributed by atoms with van der Waals surface area (Å²) in [5.74, 6) is -3.14. The van der Waals surface area contributed by atoms with Crippen molar-refractivity contribution in [1.29, 1.82) is 0 Å². The molecule has 0 saturated carbocycles. The summed E-state index contributed by atoms with van der Waals surface area (Å²) >= 11 is 0. The number of carboxylic acid groups (broad SMARTS) is 1. The Hall–Kier alpha value is -3.32. The molecule has 6 atom stereocenters. The molecule has 0 bridgehead atoms. The molecule has 0 aliphatic carbocycles. The van der Waals surface area contributed by atoms with Gasteiger partial charge in [-0.3, -0.25) is 14.4 Å². The smallest absolute Gasteiger partial charge is 0.335 e. The maximum atomic E-state index is 13.1. The van der Waals surface area contributed by atoms with Crippen LogP contribution >= 0.6 is 0 Å². The Morgan fingerprint density at radius 1 is 0.452 bits per heavy atom. The normalized spacial score (nSPS) is 18.6. The number of carboxylic acids is 1. The molecular formula is C61H106O12. The van der Waals surface area contributed by atoms with E-state index < -0.39 is 67.3 Å². The molecule has 0 amide bonds. The van der Waals surface area contributed by atoms with Gasteiger partial charge in [0.2, 0.25) is 0 Å². The van der Waals surface area contributed by atoms with Crippen molar-refractivity contribution >= 4 is 23.9 Å². The first-order valence-electron chi connectivity index (χ1n) is 29.6. The van der Waals surface area contributed by atoms with Crippen LogP contribution in [0.5, 0.6) is 0 Å². The second kappa shape index (κ2) is 49.6. The molecule has 0 spiro atoms. The largest absolute Gasteiger partial charge is 0.479 e. The lowest BCUT2D eigenvalue weighted by atomic mass is 9.98. The first-order chi connectivity index (χ1) is 35.6. The van der Waals surface area contributed by atoms with E-state index in [9.17, 15) is 34.5 Å². The summed E-state index contributed by atoms with van der Waals surface area (Å²) in [6.45, 7) is 5.90. The van der Waals surface area contributed by atoms with Crippen molar-refractivity contribution in [2.24, 2.45) is 0 Å². The van der Waals surface area contributed by atoms with Crippen molar-refractivity contribution in [3.05, 3.63) is 48.6 Å². The van der Waals surface area contributed by atoms with Crippen molar-refractivity contribution in [3.8, 4) is 0 Å². The van der Waals surface area contributed by atoms with E-state index in [2.05, 4.69) is 69.4 Å². The standard InChI is InChI=1S/C61H106O12/c1-4-7-10-13-16-19-22-24-25-26-27-28-29-31-34-37-40-43-46-49-55(64)72-59-57(66)56(65)58(60(67)68)73-61(59)70-51-52(71-54(63)48-45-42-39-36-32-21-18-15-12-9-6-3)50-69-53(62)47-44-41-38-35-33-30-23-20-17-14-11-8-5-2/h15-16,18-20,23-25,52,56-59,61,65-66H,4-14,17,21-22,26-51H2,1-3H3,(H,67,68)/b18-15-,19-16-,23-20-,25-24-. The number of aliphatic hydroxyl groups excluding tert-OH is 2. The molecule has 1 fully saturated rings. The minimum atomic E-state index is -1.90. The molecule has 1 heterocycles. The van der Waals surface area contributed by atoms with E-state index in [1.807, 2.05) is 0 Å². The van der Waals surface area contributed by atoms with Gasteiger partial charge < -0.3 is 39.0 Å². The zero-order valence-electron chi connectivity index (χ0n) is 46.4. The first-order valence-corrected chi connectivity index (χ1v) is 29.6. The lowest BCUT2D eigenvalue weighted by Crippen LogP contribution is -2.61. The Bertz CT molecular complexity index is 1460. The third-order valence-electron chi connectivity index (χ3n) is 13.3. The minimum absolute atomic E-state index is 0.0550. The number of hydrogen-bond donors (Lipinski definition) is 3. The van der Waals surface area contributed by atoms with Crippen LogP contribution in [0.4, 0.5) is 0 Å². The lowest BCUT2D eigenvalue weighted by molar-refractivity contribution is -0.301. The molecule has 0 radical (unpaired) electrons. The summed E-state index contributed by atoms with van der Waals surface area (Å²) in [6, 6.07) is 0. The summed E-state index contributed by atoms with van der Waals surface area (Å²) in [5, 5.41) is 31.5. The molecule has 422 valence electrons. The molecule has 73 heavy (non-hydrogen) atoms. The number of carbonyl (C=O) groups excluding carboxylic acids is 3. The van der Waals surface area contributed by atoms with E-state index in [1.165, 1.54) is 89.9 Å². The van der Waals surface area contributed by atoms with Gasteiger partial charge in [-0.25, -0.2) is 4.79 Å². The number of carbonyl (C=O) groups is 4. The van der Waals surface area contributed by atoms with Gasteiger partial charge in [0.15, 0.2) is 24.6 Å². The average Bonchev–Trinajstić information content (AvgIpc) is 3.37. The fourth-order valence-corrected chi connectivity index (χ4v) is 8.73. The fourth-order valence-electron chi connectivity index (χ4n) is 8.73. The zero-order valence-corrected chi connectivity index (χ0v) is 46.4. The number of esters is 3. The highest BCUT2D eigenvalue weighted by molar-refractivity contribution is 5.74. The maximum absolute atomic E-state index is 13.1. The molecule has 1 aliphatic heterocycles. The molecule has 1 aliphatic rings. The second-order valence-electron chi connectivity index (χ2n) is 20.3. The highest BCUT2D eigenvalue weighted by atomic mass is 16.7. The molecule has 0 aromatic rings. The predicted octanol–water partition coefficient (Wildman–Crippen LogP) is 15.0. The van der Waals surface area contributed by atoms with Crippen molar-refractivity contribution in [1.82, 2.24) is 0 Å². The summed E-state index contributed by atoms with van der Waals surface area (Å²) in [7, 11) is 0. The minimum Gasteiger partial charge on any atom is -0.479 e. The van der Waals surface area contributed by atoms with Gasteiger partial charge in [0, 0.05) is 19.3 Å². The number of rotatable bonds is 50. The van der Waals surface area contributed by atoms with Gasteiger partial charge in [0.05, 0.1) is 6.61 Å². The van der Waals surface area contributed by atoms with E-state index in [4.69, 9.17) is 23.7 Å². The van der Waals surface area contributed by atoms with Gasteiger partial charge in [0.25, 0.3) is 0 Å². The highest BCUT2D eigenvalue weighted by Crippen LogP contribution is 2.26. The maximum Gasteiger partial charge on any atom is 0.335 e. The van der Waals surface area contributed by atoms with Crippen LogP contribution in [0.15, 0.2) is 48.6 Å². The van der Waals surface area contributed by atoms with Crippen LogP contribution in [0.2, 0.25) is 0 Å². The van der Waals surface area contributed by atoms with Gasteiger partial charge in [-0.2, -0.15) is 0 Å². The summed E-state index contributed by atoms with van der Waals surface area (Å²) in [6.07, 6.45) is 46.5. The van der Waals surface area contributed by atoms with Crippen molar-refractivity contribution in [2.45, 2.75) is 302 Å². The number of unbranched alkanes of at least 4 members (excludes halogenated alkanes) is 28. The molecule has 0 aromatic carbocycles. The van der Waals surface area contributed by atoms with Gasteiger partial charge in [0.1, 0.15) is 18.8 Å². The van der Waals surface area contributed by atoms with Crippen LogP contribution in [-0.2, 0) is 42.9 Å². The molecular weight excluding hydrogens is 925 g/mol. The molecule has 12 heteroatoms. The quantitative estimate of drug-likeness (QED) is 0.0228. The molecule has 6 unspecified atom stereocenters. The Morgan fingerprint density at radius 2 is 0.836 bits per heavy atom. The summed E-state index contributed by atoms with van der Waals surface area (Å²) in [4.78, 5) is 51.0.